The van der Waals surface area contributed by atoms with Gasteiger partial charge in [-0.25, -0.2) is 0 Å². The van der Waals surface area contributed by atoms with E-state index >= 15 is 0 Å². The zero-order chi connectivity index (χ0) is 19.5. The molecule has 0 amide bonds. The Kier molecular flexibility index (Phi) is 5.62. The number of nitrogens with one attached hydrogen (secondary N) is 1. The Morgan fingerprint density at radius 3 is 2.18 bits per heavy atom. The number of hydrogen-bond acceptors (Lipinski definition) is 7. The monoisotopic (exact) mass is 382 g/mol. The van der Waals surface area contributed by atoms with Crippen molar-refractivity contribution in [3.63, 3.8) is 0 Å². The van der Waals surface area contributed by atoms with Gasteiger partial charge in [0, 0.05) is 31.9 Å². The average molecular weight is 383 g/mol. The second-order valence-corrected chi connectivity index (χ2v) is 7.95. The van der Waals surface area contributed by atoms with Crippen LogP contribution in [0.1, 0.15) is 30.9 Å². The van der Waals surface area contributed by atoms with Crippen LogP contribution in [-0.4, -0.2) is 54.3 Å². The molecule has 2 aliphatic heterocycles. The van der Waals surface area contributed by atoms with E-state index < -0.39 is 0 Å². The molecular weight excluding hydrogens is 352 g/mol. The van der Waals surface area contributed by atoms with Crippen molar-refractivity contribution in [1.29, 1.82) is 0 Å². The quantitative estimate of drug-likeness (QED) is 0.870. The molecule has 0 aliphatic carbocycles. The zero-order valence-corrected chi connectivity index (χ0v) is 17.1. The normalized spacial score (nSPS) is 18.4. The van der Waals surface area contributed by atoms with Crippen molar-refractivity contribution in [1.82, 2.24) is 15.0 Å². The van der Waals surface area contributed by atoms with Gasteiger partial charge in [0.15, 0.2) is 0 Å². The highest BCUT2D eigenvalue weighted by molar-refractivity contribution is 5.58. The molecule has 3 heterocycles. The fourth-order valence-corrected chi connectivity index (χ4v) is 3.61. The molecule has 7 heteroatoms. The lowest BCUT2D eigenvalue weighted by Gasteiger charge is -2.32. The summed E-state index contributed by atoms with van der Waals surface area (Å²) in [6.07, 6.45) is 2.36. The van der Waals surface area contributed by atoms with Crippen molar-refractivity contribution >= 4 is 23.5 Å². The van der Waals surface area contributed by atoms with Crippen LogP contribution in [0.4, 0.5) is 23.5 Å². The smallest absolute Gasteiger partial charge is 0.233 e. The van der Waals surface area contributed by atoms with Crippen molar-refractivity contribution < 1.29 is 4.74 Å². The molecule has 2 aromatic rings. The molecule has 0 saturated carbocycles. The second kappa shape index (κ2) is 8.31. The highest BCUT2D eigenvalue weighted by Crippen LogP contribution is 2.25. The van der Waals surface area contributed by atoms with Gasteiger partial charge in [-0.15, -0.1) is 0 Å². The lowest BCUT2D eigenvalue weighted by Crippen LogP contribution is -2.39. The van der Waals surface area contributed by atoms with E-state index in [9.17, 15) is 0 Å². The van der Waals surface area contributed by atoms with Gasteiger partial charge in [-0.3, -0.25) is 0 Å². The van der Waals surface area contributed by atoms with E-state index in [-0.39, 0.29) is 0 Å². The molecule has 0 radical (unpaired) electrons. The maximum atomic E-state index is 5.49. The Morgan fingerprint density at radius 2 is 1.54 bits per heavy atom. The van der Waals surface area contributed by atoms with Gasteiger partial charge in [0.1, 0.15) is 0 Å². The summed E-state index contributed by atoms with van der Waals surface area (Å²) in [5.41, 5.74) is 3.52. The standard InChI is InChI=1S/C21H30N6O/c1-15-6-8-26(9-7-15)20-23-19(22-18-5-4-16(2)17(3)14-18)24-21(25-20)27-10-12-28-13-11-27/h4-5,14-15H,6-13H2,1-3H3,(H,22,23,24,25). The Labute approximate surface area is 167 Å². The third-order valence-corrected chi connectivity index (χ3v) is 5.74. The number of nitrogens with zero attached hydrogens (tertiary/aromatic N) is 5. The van der Waals surface area contributed by atoms with Crippen LogP contribution in [0.5, 0.6) is 0 Å². The SMILES string of the molecule is Cc1ccc(Nc2nc(N3CCOCC3)nc(N3CCC(C)CC3)n2)cc1C. The number of hydrogen-bond donors (Lipinski definition) is 1. The van der Waals surface area contributed by atoms with Gasteiger partial charge >= 0.3 is 0 Å². The molecule has 2 saturated heterocycles. The summed E-state index contributed by atoms with van der Waals surface area (Å²) < 4.78 is 5.49. The van der Waals surface area contributed by atoms with E-state index in [0.717, 1.165) is 49.7 Å². The predicted molar refractivity (Wildman–Crippen MR) is 113 cm³/mol. The van der Waals surface area contributed by atoms with Gasteiger partial charge in [0.2, 0.25) is 17.8 Å². The average Bonchev–Trinajstić information content (AvgIpc) is 2.72. The molecule has 1 aromatic heterocycles. The van der Waals surface area contributed by atoms with E-state index in [1.807, 2.05) is 0 Å². The first kappa shape index (κ1) is 18.9. The summed E-state index contributed by atoms with van der Waals surface area (Å²) in [7, 11) is 0. The summed E-state index contributed by atoms with van der Waals surface area (Å²) in [6, 6.07) is 6.33. The van der Waals surface area contributed by atoms with Crippen molar-refractivity contribution in [3.8, 4) is 0 Å². The molecule has 0 spiro atoms. The molecule has 0 unspecified atom stereocenters. The third-order valence-electron chi connectivity index (χ3n) is 5.74. The molecule has 150 valence electrons. The van der Waals surface area contributed by atoms with Gasteiger partial charge in [-0.2, -0.15) is 15.0 Å². The highest BCUT2D eigenvalue weighted by Gasteiger charge is 2.22. The number of anilines is 4. The number of aryl methyl sites for hydroxylation is 2. The van der Waals surface area contributed by atoms with Gasteiger partial charge in [0.05, 0.1) is 13.2 Å². The molecule has 0 bridgehead atoms. The maximum absolute atomic E-state index is 5.49. The van der Waals surface area contributed by atoms with Crippen LogP contribution < -0.4 is 15.1 Å². The Morgan fingerprint density at radius 1 is 0.893 bits per heavy atom. The summed E-state index contributed by atoms with van der Waals surface area (Å²) in [4.78, 5) is 18.8. The number of rotatable bonds is 4. The van der Waals surface area contributed by atoms with Crippen molar-refractivity contribution in [2.24, 2.45) is 5.92 Å². The first-order valence-electron chi connectivity index (χ1n) is 10.3. The summed E-state index contributed by atoms with van der Waals surface area (Å²) in [6.45, 7) is 11.6. The van der Waals surface area contributed by atoms with Gasteiger partial charge in [0.25, 0.3) is 0 Å². The molecule has 4 rings (SSSR count). The fraction of sp³-hybridized carbons (Fsp3) is 0.571. The van der Waals surface area contributed by atoms with E-state index in [0.29, 0.717) is 19.2 Å². The molecular formula is C21H30N6O. The lowest BCUT2D eigenvalue weighted by molar-refractivity contribution is 0.122. The Hall–Kier alpha value is -2.41. The first-order chi connectivity index (χ1) is 13.6. The van der Waals surface area contributed by atoms with Gasteiger partial charge < -0.3 is 19.9 Å². The minimum atomic E-state index is 0.605. The fourth-order valence-electron chi connectivity index (χ4n) is 3.61. The van der Waals surface area contributed by atoms with E-state index in [1.165, 1.54) is 24.0 Å². The number of morpholine rings is 1. The molecule has 7 nitrogen and oxygen atoms in total. The van der Waals surface area contributed by atoms with Crippen LogP contribution in [0.2, 0.25) is 0 Å². The lowest BCUT2D eigenvalue weighted by atomic mass is 10.00. The predicted octanol–water partition coefficient (Wildman–Crippen LogP) is 3.30. The second-order valence-electron chi connectivity index (χ2n) is 7.95. The van der Waals surface area contributed by atoms with Crippen LogP contribution in [0, 0.1) is 19.8 Å². The Bertz CT molecular complexity index is 813. The number of aromatic nitrogens is 3. The van der Waals surface area contributed by atoms with Crippen molar-refractivity contribution in [3.05, 3.63) is 29.3 Å². The maximum Gasteiger partial charge on any atom is 0.233 e. The van der Waals surface area contributed by atoms with Crippen LogP contribution in [0.3, 0.4) is 0 Å². The first-order valence-corrected chi connectivity index (χ1v) is 10.3. The summed E-state index contributed by atoms with van der Waals surface area (Å²) in [5.74, 6) is 2.88. The summed E-state index contributed by atoms with van der Waals surface area (Å²) >= 11 is 0. The Balaban J connectivity index is 1.63. The topological polar surface area (TPSA) is 66.4 Å². The van der Waals surface area contributed by atoms with Crippen LogP contribution in [-0.2, 0) is 4.74 Å². The van der Waals surface area contributed by atoms with Crippen LogP contribution in [0.25, 0.3) is 0 Å². The molecule has 28 heavy (non-hydrogen) atoms. The van der Waals surface area contributed by atoms with E-state index in [4.69, 9.17) is 19.7 Å². The molecule has 0 atom stereocenters. The number of piperidine rings is 1. The van der Waals surface area contributed by atoms with Crippen LogP contribution >= 0.6 is 0 Å². The largest absolute Gasteiger partial charge is 0.378 e. The molecule has 2 aliphatic rings. The van der Waals surface area contributed by atoms with E-state index in [2.05, 4.69) is 54.1 Å². The highest BCUT2D eigenvalue weighted by atomic mass is 16.5. The minimum Gasteiger partial charge on any atom is -0.378 e. The third kappa shape index (κ3) is 4.35. The zero-order valence-electron chi connectivity index (χ0n) is 17.1. The molecule has 1 N–H and O–H groups in total. The summed E-state index contributed by atoms with van der Waals surface area (Å²) in [5, 5.41) is 3.39. The van der Waals surface area contributed by atoms with Gasteiger partial charge in [-0.05, 0) is 55.9 Å². The number of benzene rings is 1. The van der Waals surface area contributed by atoms with Crippen molar-refractivity contribution in [2.75, 3.05) is 54.5 Å². The van der Waals surface area contributed by atoms with E-state index in [1.54, 1.807) is 0 Å². The molecule has 2 fully saturated rings. The number of ether oxygens (including phenoxy) is 1. The van der Waals surface area contributed by atoms with Gasteiger partial charge in [-0.1, -0.05) is 13.0 Å². The molecule has 1 aromatic carbocycles. The van der Waals surface area contributed by atoms with Crippen molar-refractivity contribution in [2.45, 2.75) is 33.6 Å². The van der Waals surface area contributed by atoms with Crippen LogP contribution in [0.15, 0.2) is 18.2 Å². The minimum absolute atomic E-state index is 0.605.